The molecule has 100 valence electrons. The Hall–Kier alpha value is -2.14. The molecule has 3 N–H and O–H groups in total. The van der Waals surface area contributed by atoms with Crippen molar-refractivity contribution in [3.05, 3.63) is 35.5 Å². The number of nitrogens with one attached hydrogen (secondary N) is 1. The Morgan fingerprint density at radius 1 is 1.16 bits per heavy atom. The van der Waals surface area contributed by atoms with Crippen LogP contribution in [0.5, 0.6) is 11.5 Å². The lowest BCUT2D eigenvalue weighted by Crippen LogP contribution is -2.00. The van der Waals surface area contributed by atoms with Gasteiger partial charge in [-0.2, -0.15) is 0 Å². The third-order valence-corrected chi connectivity index (χ3v) is 2.88. The minimum absolute atomic E-state index is 0.401. The van der Waals surface area contributed by atoms with Gasteiger partial charge in [-0.05, 0) is 12.1 Å². The highest BCUT2D eigenvalue weighted by atomic mass is 35.5. The molecule has 0 radical (unpaired) electrons. The van der Waals surface area contributed by atoms with Crippen molar-refractivity contribution in [2.75, 3.05) is 25.3 Å². The fourth-order valence-corrected chi connectivity index (χ4v) is 1.86. The minimum Gasteiger partial charge on any atom is -0.495 e. The van der Waals surface area contributed by atoms with Crippen molar-refractivity contribution in [1.29, 1.82) is 0 Å². The van der Waals surface area contributed by atoms with Crippen molar-refractivity contribution in [2.24, 2.45) is 0 Å². The fraction of sp³-hybridized carbons (Fsp3) is 0.154. The first-order valence-corrected chi connectivity index (χ1v) is 5.92. The predicted molar refractivity (Wildman–Crippen MR) is 76.5 cm³/mol. The summed E-state index contributed by atoms with van der Waals surface area (Å²) in [4.78, 5) is 4.01. The van der Waals surface area contributed by atoms with Crippen LogP contribution < -0.4 is 20.5 Å². The average molecular weight is 280 g/mol. The number of halogens is 1. The molecule has 0 aliphatic rings. The van der Waals surface area contributed by atoms with Gasteiger partial charge in [0.15, 0.2) is 0 Å². The van der Waals surface area contributed by atoms with Crippen LogP contribution in [0.4, 0.5) is 17.2 Å². The predicted octanol–water partition coefficient (Wildman–Crippen LogP) is 3.08. The van der Waals surface area contributed by atoms with Crippen LogP contribution in [0.2, 0.25) is 5.02 Å². The molecule has 0 saturated heterocycles. The topological polar surface area (TPSA) is 69.4 Å². The smallest absolute Gasteiger partial charge is 0.147 e. The molecule has 1 heterocycles. The number of hydrogen-bond acceptors (Lipinski definition) is 5. The molecule has 0 amide bonds. The summed E-state index contributed by atoms with van der Waals surface area (Å²) in [6.45, 7) is 0. The average Bonchev–Trinajstić information content (AvgIpc) is 2.42. The van der Waals surface area contributed by atoms with Gasteiger partial charge < -0.3 is 20.5 Å². The number of methoxy groups -OCH3 is 2. The number of ether oxygens (including phenoxy) is 2. The normalized spacial score (nSPS) is 10.1. The van der Waals surface area contributed by atoms with Crippen LogP contribution in [-0.4, -0.2) is 19.2 Å². The lowest BCUT2D eigenvalue weighted by Gasteiger charge is -2.14. The van der Waals surface area contributed by atoms with Gasteiger partial charge in [0.25, 0.3) is 0 Å². The SMILES string of the molecule is COc1cc(Nc2cccnc2N)c(OC)cc1Cl. The van der Waals surface area contributed by atoms with Gasteiger partial charge >= 0.3 is 0 Å². The van der Waals surface area contributed by atoms with E-state index in [9.17, 15) is 0 Å². The van der Waals surface area contributed by atoms with E-state index in [1.54, 1.807) is 38.6 Å². The molecular weight excluding hydrogens is 266 g/mol. The number of rotatable bonds is 4. The first kappa shape index (κ1) is 13.3. The van der Waals surface area contributed by atoms with Gasteiger partial charge in [0.05, 0.1) is 30.6 Å². The first-order chi connectivity index (χ1) is 9.15. The van der Waals surface area contributed by atoms with Crippen LogP contribution in [0.3, 0.4) is 0 Å². The van der Waals surface area contributed by atoms with Crippen molar-refractivity contribution in [3.8, 4) is 11.5 Å². The van der Waals surface area contributed by atoms with E-state index in [-0.39, 0.29) is 0 Å². The maximum absolute atomic E-state index is 6.04. The number of pyridine rings is 1. The Bertz CT molecular complexity index is 590. The monoisotopic (exact) mass is 279 g/mol. The van der Waals surface area contributed by atoms with E-state index in [1.165, 1.54) is 0 Å². The molecule has 0 bridgehead atoms. The van der Waals surface area contributed by atoms with E-state index in [2.05, 4.69) is 10.3 Å². The van der Waals surface area contributed by atoms with Crippen molar-refractivity contribution >= 4 is 28.8 Å². The second-order valence-corrected chi connectivity index (χ2v) is 4.16. The van der Waals surface area contributed by atoms with E-state index in [0.717, 1.165) is 0 Å². The van der Waals surface area contributed by atoms with Crippen LogP contribution in [0, 0.1) is 0 Å². The van der Waals surface area contributed by atoms with Crippen LogP contribution in [0.1, 0.15) is 0 Å². The molecule has 0 atom stereocenters. The zero-order valence-electron chi connectivity index (χ0n) is 10.6. The molecule has 5 nitrogen and oxygen atoms in total. The summed E-state index contributed by atoms with van der Waals surface area (Å²) in [5.74, 6) is 1.54. The summed E-state index contributed by atoms with van der Waals surface area (Å²) in [6.07, 6.45) is 1.63. The van der Waals surface area contributed by atoms with Gasteiger partial charge in [0, 0.05) is 18.3 Å². The third-order valence-electron chi connectivity index (χ3n) is 2.58. The second kappa shape index (κ2) is 5.67. The van der Waals surface area contributed by atoms with E-state index in [0.29, 0.717) is 33.7 Å². The van der Waals surface area contributed by atoms with Crippen molar-refractivity contribution < 1.29 is 9.47 Å². The standard InChI is InChI=1S/C13H14ClN3O2/c1-18-11-7-10(12(19-2)6-8(11)14)17-9-4-3-5-16-13(9)15/h3-7,17H,1-2H3,(H2,15,16). The molecule has 2 rings (SSSR count). The quantitative estimate of drug-likeness (QED) is 0.900. The van der Waals surface area contributed by atoms with Crippen LogP contribution in [-0.2, 0) is 0 Å². The number of hydrogen-bond donors (Lipinski definition) is 2. The number of nitrogen functional groups attached to an aromatic ring is 1. The summed E-state index contributed by atoms with van der Waals surface area (Å²) >= 11 is 6.04. The summed E-state index contributed by atoms with van der Waals surface area (Å²) in [6, 6.07) is 7.03. The van der Waals surface area contributed by atoms with Gasteiger partial charge in [-0.1, -0.05) is 11.6 Å². The van der Waals surface area contributed by atoms with E-state index < -0.39 is 0 Å². The Balaban J connectivity index is 2.41. The molecule has 1 aromatic heterocycles. The highest BCUT2D eigenvalue weighted by molar-refractivity contribution is 6.32. The zero-order chi connectivity index (χ0) is 13.8. The maximum atomic E-state index is 6.04. The van der Waals surface area contributed by atoms with Gasteiger partial charge in [0.1, 0.15) is 17.3 Å². The van der Waals surface area contributed by atoms with Gasteiger partial charge in [-0.25, -0.2) is 4.98 Å². The lowest BCUT2D eigenvalue weighted by molar-refractivity contribution is 0.405. The van der Waals surface area contributed by atoms with Crippen LogP contribution in [0.15, 0.2) is 30.5 Å². The third kappa shape index (κ3) is 2.82. The summed E-state index contributed by atoms with van der Waals surface area (Å²) in [5.41, 5.74) is 7.17. The maximum Gasteiger partial charge on any atom is 0.147 e. The minimum atomic E-state index is 0.401. The summed E-state index contributed by atoms with van der Waals surface area (Å²) < 4.78 is 10.5. The zero-order valence-corrected chi connectivity index (χ0v) is 11.4. The molecule has 0 aliphatic heterocycles. The highest BCUT2D eigenvalue weighted by Gasteiger charge is 2.11. The van der Waals surface area contributed by atoms with Crippen molar-refractivity contribution in [1.82, 2.24) is 4.98 Å². The molecule has 0 fully saturated rings. The largest absolute Gasteiger partial charge is 0.495 e. The molecular formula is C13H14ClN3O2. The Morgan fingerprint density at radius 2 is 1.89 bits per heavy atom. The molecule has 1 aromatic carbocycles. The van der Waals surface area contributed by atoms with E-state index in [4.69, 9.17) is 26.8 Å². The van der Waals surface area contributed by atoms with Crippen LogP contribution in [0.25, 0.3) is 0 Å². The first-order valence-electron chi connectivity index (χ1n) is 5.54. The fourth-order valence-electron chi connectivity index (χ4n) is 1.63. The number of nitrogens with two attached hydrogens (primary N) is 1. The Kier molecular flexibility index (Phi) is 3.97. The van der Waals surface area contributed by atoms with E-state index >= 15 is 0 Å². The van der Waals surface area contributed by atoms with Gasteiger partial charge in [-0.3, -0.25) is 0 Å². The second-order valence-electron chi connectivity index (χ2n) is 3.75. The van der Waals surface area contributed by atoms with Crippen molar-refractivity contribution in [2.45, 2.75) is 0 Å². The molecule has 0 unspecified atom stereocenters. The number of benzene rings is 1. The summed E-state index contributed by atoms with van der Waals surface area (Å²) in [7, 11) is 3.12. The van der Waals surface area contributed by atoms with Gasteiger partial charge in [-0.15, -0.1) is 0 Å². The van der Waals surface area contributed by atoms with Gasteiger partial charge in [0.2, 0.25) is 0 Å². The molecule has 6 heteroatoms. The molecule has 0 saturated carbocycles. The number of nitrogens with zero attached hydrogens (tertiary/aromatic N) is 1. The van der Waals surface area contributed by atoms with E-state index in [1.807, 2.05) is 6.07 Å². The van der Waals surface area contributed by atoms with Crippen molar-refractivity contribution in [3.63, 3.8) is 0 Å². The number of aromatic nitrogens is 1. The molecule has 0 aliphatic carbocycles. The molecule has 19 heavy (non-hydrogen) atoms. The molecule has 0 spiro atoms. The summed E-state index contributed by atoms with van der Waals surface area (Å²) in [5, 5.41) is 3.62. The highest BCUT2D eigenvalue weighted by Crippen LogP contribution is 2.37. The van der Waals surface area contributed by atoms with Crippen LogP contribution >= 0.6 is 11.6 Å². The lowest BCUT2D eigenvalue weighted by atomic mass is 10.2. The number of anilines is 3. The Labute approximate surface area is 116 Å². The molecule has 2 aromatic rings. The Morgan fingerprint density at radius 3 is 2.53 bits per heavy atom.